The van der Waals surface area contributed by atoms with E-state index in [1.165, 1.54) is 24.8 Å². The second-order valence-corrected chi connectivity index (χ2v) is 8.54. The van der Waals surface area contributed by atoms with Gasteiger partial charge in [0.05, 0.1) is 5.41 Å². The summed E-state index contributed by atoms with van der Waals surface area (Å²) in [5.74, 6) is 0.888. The molecule has 0 saturated heterocycles. The Kier molecular flexibility index (Phi) is 5.61. The van der Waals surface area contributed by atoms with Crippen LogP contribution in [0.25, 0.3) is 0 Å². The largest absolute Gasteiger partial charge is 0.481 e. The van der Waals surface area contributed by atoms with Gasteiger partial charge in [0.1, 0.15) is 0 Å². The van der Waals surface area contributed by atoms with Gasteiger partial charge in [-0.3, -0.25) is 4.79 Å². The molecule has 3 aliphatic carbocycles. The number of carbonyl (C=O) groups is 1. The van der Waals surface area contributed by atoms with Crippen molar-refractivity contribution in [3.8, 4) is 0 Å². The molecule has 3 heteroatoms. The van der Waals surface area contributed by atoms with E-state index in [-0.39, 0.29) is 40.9 Å². The molecular weight excluding hydrogens is 295 g/mol. The van der Waals surface area contributed by atoms with Gasteiger partial charge < -0.3 is 5.11 Å². The van der Waals surface area contributed by atoms with Gasteiger partial charge in [-0.25, -0.2) is 0 Å². The Morgan fingerprint density at radius 2 is 2.00 bits per heavy atom. The number of carboxylic acids is 1. The third-order valence-electron chi connectivity index (χ3n) is 7.07. The predicted molar refractivity (Wildman–Crippen MR) is 95.3 cm³/mol. The van der Waals surface area contributed by atoms with Crippen LogP contribution in [-0.2, 0) is 4.79 Å². The topological polar surface area (TPSA) is 37.3 Å². The van der Waals surface area contributed by atoms with Crippen molar-refractivity contribution in [2.24, 2.45) is 28.6 Å². The van der Waals surface area contributed by atoms with E-state index in [1.54, 1.807) is 5.57 Å². The summed E-state index contributed by atoms with van der Waals surface area (Å²) in [4.78, 5) is 11.9. The van der Waals surface area contributed by atoms with Gasteiger partial charge in [-0.05, 0) is 67.8 Å². The van der Waals surface area contributed by atoms with Gasteiger partial charge in [0.25, 0.3) is 0 Å². The van der Waals surface area contributed by atoms with Crippen molar-refractivity contribution in [2.75, 3.05) is 0 Å². The summed E-state index contributed by atoms with van der Waals surface area (Å²) in [5.41, 5.74) is 2.69. The molecule has 1 radical (unpaired) electrons. The van der Waals surface area contributed by atoms with Gasteiger partial charge in [-0.15, -0.1) is 0 Å². The average Bonchev–Trinajstić information content (AvgIpc) is 2.46. The van der Waals surface area contributed by atoms with E-state index in [2.05, 4.69) is 32.9 Å². The summed E-state index contributed by atoms with van der Waals surface area (Å²) < 4.78 is 0. The number of hydrogen-bond acceptors (Lipinski definition) is 1. The fourth-order valence-electron chi connectivity index (χ4n) is 5.60. The van der Waals surface area contributed by atoms with Crippen LogP contribution in [0.1, 0.15) is 66.2 Å². The van der Waals surface area contributed by atoms with Crippen molar-refractivity contribution < 1.29 is 9.90 Å². The van der Waals surface area contributed by atoms with Gasteiger partial charge in [-0.1, -0.05) is 44.9 Å². The number of fused-ring (bicyclic) bond motifs is 3. The fraction of sp³-hybridized carbons (Fsp3) is 0.750. The maximum absolute atomic E-state index is 11.9. The van der Waals surface area contributed by atoms with Crippen LogP contribution in [0.2, 0.25) is 0 Å². The first-order valence-corrected chi connectivity index (χ1v) is 8.93. The first kappa shape index (κ1) is 19.3. The monoisotopic (exact) mass is 325 g/mol. The van der Waals surface area contributed by atoms with E-state index in [1.807, 2.05) is 6.92 Å². The van der Waals surface area contributed by atoms with Gasteiger partial charge in [0.2, 0.25) is 0 Å². The quantitative estimate of drug-likeness (QED) is 0.739. The third-order valence-corrected chi connectivity index (χ3v) is 7.07. The van der Waals surface area contributed by atoms with Crippen LogP contribution in [-0.4, -0.2) is 40.6 Å². The van der Waals surface area contributed by atoms with Crippen LogP contribution < -0.4 is 0 Å². The molecule has 0 unspecified atom stereocenters. The van der Waals surface area contributed by atoms with Crippen molar-refractivity contribution in [1.29, 1.82) is 0 Å². The van der Waals surface area contributed by atoms with Crippen LogP contribution in [0.4, 0.5) is 0 Å². The summed E-state index contributed by atoms with van der Waals surface area (Å²) in [6.45, 7) is 8.93. The van der Waals surface area contributed by atoms with Crippen LogP contribution in [0.3, 0.4) is 0 Å². The standard InChI is InChI=1S/C20H30O2.Na/c1-13(2)14-6-8-16-15(12-14)7-9-17-19(16,3)10-5-11-20(17,4)18(21)22;/h7,12-13,16-17H,5-6,8-11H2,1-4H3,(H,21,22);/t16-,17+,19+,20+;/m0./s1. The maximum atomic E-state index is 11.9. The van der Waals surface area contributed by atoms with Gasteiger partial charge >= 0.3 is 5.97 Å². The molecule has 0 aromatic rings. The second kappa shape index (κ2) is 6.69. The Morgan fingerprint density at radius 3 is 2.61 bits per heavy atom. The molecule has 0 aliphatic heterocycles. The molecule has 23 heavy (non-hydrogen) atoms. The molecule has 0 spiro atoms. The number of aliphatic carboxylic acids is 1. The van der Waals surface area contributed by atoms with Crippen molar-refractivity contribution in [3.63, 3.8) is 0 Å². The summed E-state index contributed by atoms with van der Waals surface area (Å²) in [5, 5.41) is 9.83. The zero-order chi connectivity index (χ0) is 16.1. The summed E-state index contributed by atoms with van der Waals surface area (Å²) >= 11 is 0. The SMILES string of the molecule is CC(C)C1=CC2=CC[C@@H]3[C@](C)(CCC[C@@]3(C)C(=O)O)[C@H]2CC1.[Na]. The molecule has 0 heterocycles. The fourth-order valence-corrected chi connectivity index (χ4v) is 5.60. The van der Waals surface area contributed by atoms with E-state index < -0.39 is 11.4 Å². The van der Waals surface area contributed by atoms with Crippen LogP contribution >= 0.6 is 0 Å². The van der Waals surface area contributed by atoms with E-state index in [0.717, 1.165) is 19.3 Å². The van der Waals surface area contributed by atoms with Gasteiger partial charge in [-0.2, -0.15) is 0 Å². The van der Waals surface area contributed by atoms with E-state index >= 15 is 0 Å². The van der Waals surface area contributed by atoms with E-state index in [9.17, 15) is 9.90 Å². The normalized spacial score (nSPS) is 39.5. The van der Waals surface area contributed by atoms with Crippen molar-refractivity contribution in [2.45, 2.75) is 66.2 Å². The Morgan fingerprint density at radius 1 is 1.30 bits per heavy atom. The summed E-state index contributed by atoms with van der Waals surface area (Å²) in [6.07, 6.45) is 11.2. The van der Waals surface area contributed by atoms with Gasteiger partial charge in [0, 0.05) is 29.6 Å². The zero-order valence-electron chi connectivity index (χ0n) is 15.5. The van der Waals surface area contributed by atoms with Crippen LogP contribution in [0, 0.1) is 28.6 Å². The van der Waals surface area contributed by atoms with Crippen molar-refractivity contribution >= 4 is 35.5 Å². The van der Waals surface area contributed by atoms with E-state index in [4.69, 9.17) is 0 Å². The smallest absolute Gasteiger partial charge is 0.309 e. The Balaban J connectivity index is 0.00000192. The first-order valence-electron chi connectivity index (χ1n) is 8.93. The zero-order valence-corrected chi connectivity index (χ0v) is 17.5. The minimum Gasteiger partial charge on any atom is -0.481 e. The molecule has 123 valence electrons. The summed E-state index contributed by atoms with van der Waals surface area (Å²) in [6, 6.07) is 0. The Hall–Kier alpha value is -0.0500. The molecule has 3 aliphatic rings. The van der Waals surface area contributed by atoms with E-state index in [0.29, 0.717) is 11.8 Å². The summed E-state index contributed by atoms with van der Waals surface area (Å²) in [7, 11) is 0. The van der Waals surface area contributed by atoms with Crippen LogP contribution in [0.15, 0.2) is 23.3 Å². The molecular formula is C20H30NaO2. The first-order chi connectivity index (χ1) is 10.3. The molecule has 1 saturated carbocycles. The number of allylic oxidation sites excluding steroid dienone is 4. The van der Waals surface area contributed by atoms with Gasteiger partial charge in [0.15, 0.2) is 0 Å². The predicted octanol–water partition coefficient (Wildman–Crippen LogP) is 4.83. The molecule has 1 N–H and O–H groups in total. The molecule has 3 rings (SSSR count). The third kappa shape index (κ3) is 3.00. The Bertz CT molecular complexity index is 548. The molecule has 1 fully saturated rings. The molecule has 0 bridgehead atoms. The molecule has 2 nitrogen and oxygen atoms in total. The minimum absolute atomic E-state index is 0. The molecule has 4 atom stereocenters. The Labute approximate surface area is 163 Å². The van der Waals surface area contributed by atoms with Crippen molar-refractivity contribution in [3.05, 3.63) is 23.3 Å². The number of carboxylic acid groups (broad SMARTS) is 1. The molecule has 0 aromatic carbocycles. The minimum atomic E-state index is -0.588. The maximum Gasteiger partial charge on any atom is 0.309 e. The van der Waals surface area contributed by atoms with Crippen molar-refractivity contribution in [1.82, 2.24) is 0 Å². The number of hydrogen-bond donors (Lipinski definition) is 1. The molecule has 0 aromatic heterocycles. The average molecular weight is 325 g/mol. The molecule has 0 amide bonds. The number of rotatable bonds is 2. The van der Waals surface area contributed by atoms with Crippen LogP contribution in [0.5, 0.6) is 0 Å². The second-order valence-electron chi connectivity index (χ2n) is 8.54.